The molecule has 1 aliphatic heterocycles. The predicted octanol–water partition coefficient (Wildman–Crippen LogP) is 1.52. The molecule has 5 nitrogen and oxygen atoms in total. The normalized spacial score (nSPS) is 42.3. The van der Waals surface area contributed by atoms with Crippen LogP contribution in [0.2, 0.25) is 0 Å². The van der Waals surface area contributed by atoms with E-state index in [1.807, 2.05) is 6.92 Å². The third-order valence-corrected chi connectivity index (χ3v) is 5.60. The van der Waals surface area contributed by atoms with Gasteiger partial charge in [0.1, 0.15) is 6.10 Å². The van der Waals surface area contributed by atoms with Crippen molar-refractivity contribution in [2.24, 2.45) is 17.8 Å². The molecule has 3 fully saturated rings. The number of fused-ring (bicyclic) bond motifs is 3. The number of ether oxygens (including phenoxy) is 4. The van der Waals surface area contributed by atoms with Crippen LogP contribution in [0.1, 0.15) is 19.8 Å². The third kappa shape index (κ3) is 1.46. The molecule has 3 aliphatic rings. The van der Waals surface area contributed by atoms with E-state index >= 15 is 0 Å². The summed E-state index contributed by atoms with van der Waals surface area (Å²) in [6.45, 7) is 6.06. The predicted molar refractivity (Wildman–Crippen MR) is 70.9 cm³/mol. The van der Waals surface area contributed by atoms with Crippen LogP contribution in [0.5, 0.6) is 0 Å². The van der Waals surface area contributed by atoms with Gasteiger partial charge in [-0.15, -0.1) is 0 Å². The maximum absolute atomic E-state index is 12.2. The zero-order chi connectivity index (χ0) is 14.7. The van der Waals surface area contributed by atoms with Crippen molar-refractivity contribution in [3.05, 3.63) is 12.2 Å². The molecule has 2 saturated carbocycles. The van der Waals surface area contributed by atoms with Crippen molar-refractivity contribution in [2.75, 3.05) is 21.3 Å². The summed E-state index contributed by atoms with van der Waals surface area (Å²) >= 11 is 0. The van der Waals surface area contributed by atoms with Gasteiger partial charge in [0.15, 0.2) is 11.4 Å². The average molecular weight is 282 g/mol. The minimum Gasteiger partial charge on any atom is -0.467 e. The van der Waals surface area contributed by atoms with Crippen LogP contribution in [0, 0.1) is 17.8 Å². The SMILES string of the molecule is C=C1C2O[C@]2(C(=O)OC)[C@H]2[C@H](C(C)(OC)OC)CC[C@@H]12. The molecule has 0 bridgehead atoms. The summed E-state index contributed by atoms with van der Waals surface area (Å²) in [5, 5.41) is 0. The van der Waals surface area contributed by atoms with Crippen molar-refractivity contribution in [3.63, 3.8) is 0 Å². The average Bonchev–Trinajstić information content (AvgIpc) is 2.97. The molecule has 5 heteroatoms. The van der Waals surface area contributed by atoms with E-state index in [4.69, 9.17) is 18.9 Å². The van der Waals surface area contributed by atoms with Gasteiger partial charge in [-0.3, -0.25) is 0 Å². The van der Waals surface area contributed by atoms with Crippen LogP contribution >= 0.6 is 0 Å². The molecule has 2 aliphatic carbocycles. The van der Waals surface area contributed by atoms with Crippen LogP contribution in [-0.2, 0) is 23.7 Å². The van der Waals surface area contributed by atoms with Crippen molar-refractivity contribution >= 4 is 5.97 Å². The van der Waals surface area contributed by atoms with Crippen LogP contribution in [-0.4, -0.2) is 44.8 Å². The monoisotopic (exact) mass is 282 g/mol. The maximum atomic E-state index is 12.2. The van der Waals surface area contributed by atoms with Crippen molar-refractivity contribution in [3.8, 4) is 0 Å². The highest BCUT2D eigenvalue weighted by Gasteiger charge is 2.79. The minimum absolute atomic E-state index is 0.0253. The van der Waals surface area contributed by atoms with Crippen molar-refractivity contribution in [1.82, 2.24) is 0 Å². The Morgan fingerprint density at radius 2 is 2.00 bits per heavy atom. The largest absolute Gasteiger partial charge is 0.467 e. The van der Waals surface area contributed by atoms with E-state index in [2.05, 4.69) is 6.58 Å². The second kappa shape index (κ2) is 4.29. The van der Waals surface area contributed by atoms with Crippen molar-refractivity contribution in [2.45, 2.75) is 37.3 Å². The first-order chi connectivity index (χ1) is 9.46. The van der Waals surface area contributed by atoms with Gasteiger partial charge in [-0.2, -0.15) is 0 Å². The standard InChI is InChI=1S/C15H22O5/c1-8-9-6-7-10(14(2,18-4)19-5)11(9)15(12(8)20-15)13(16)17-3/h9-12H,1,6-7H2,2-5H3/t9-,10+,11+,12?,15+/m0/s1. The van der Waals surface area contributed by atoms with Crippen LogP contribution in [0.25, 0.3) is 0 Å². The zero-order valence-corrected chi connectivity index (χ0v) is 12.5. The summed E-state index contributed by atoms with van der Waals surface area (Å²) in [4.78, 5) is 12.2. The maximum Gasteiger partial charge on any atom is 0.341 e. The van der Waals surface area contributed by atoms with E-state index in [0.717, 1.165) is 18.4 Å². The molecule has 0 aromatic rings. The van der Waals surface area contributed by atoms with E-state index in [1.165, 1.54) is 7.11 Å². The van der Waals surface area contributed by atoms with Gasteiger partial charge in [-0.25, -0.2) is 4.79 Å². The Labute approximate surface area is 119 Å². The molecule has 1 saturated heterocycles. The Morgan fingerprint density at radius 1 is 1.35 bits per heavy atom. The highest BCUT2D eigenvalue weighted by Crippen LogP contribution is 2.67. The molecule has 0 amide bonds. The second-order valence-electron chi connectivity index (χ2n) is 6.10. The molecule has 0 spiro atoms. The van der Waals surface area contributed by atoms with E-state index in [1.54, 1.807) is 14.2 Å². The molecule has 20 heavy (non-hydrogen) atoms. The molecule has 0 aromatic carbocycles. The van der Waals surface area contributed by atoms with Crippen LogP contribution < -0.4 is 0 Å². The van der Waals surface area contributed by atoms with Gasteiger partial charge in [0, 0.05) is 26.1 Å². The highest BCUT2D eigenvalue weighted by molar-refractivity contribution is 5.86. The van der Waals surface area contributed by atoms with E-state index in [9.17, 15) is 4.79 Å². The number of carbonyl (C=O) groups is 1. The number of hydrogen-bond acceptors (Lipinski definition) is 5. The number of hydrogen-bond donors (Lipinski definition) is 0. The lowest BCUT2D eigenvalue weighted by molar-refractivity contribution is -0.238. The Morgan fingerprint density at radius 3 is 2.55 bits per heavy atom. The molecule has 0 N–H and O–H groups in total. The van der Waals surface area contributed by atoms with Gasteiger partial charge in [0.25, 0.3) is 0 Å². The Kier molecular flexibility index (Phi) is 3.01. The first-order valence-corrected chi connectivity index (χ1v) is 7.01. The van der Waals surface area contributed by atoms with Gasteiger partial charge >= 0.3 is 5.97 Å². The smallest absolute Gasteiger partial charge is 0.341 e. The molecular formula is C15H22O5. The summed E-state index contributed by atoms with van der Waals surface area (Å²) in [5.74, 6) is -0.607. The van der Waals surface area contributed by atoms with E-state index in [-0.39, 0.29) is 23.9 Å². The van der Waals surface area contributed by atoms with Crippen molar-refractivity contribution in [1.29, 1.82) is 0 Å². The zero-order valence-electron chi connectivity index (χ0n) is 12.5. The number of methoxy groups -OCH3 is 3. The molecule has 1 unspecified atom stereocenters. The molecule has 3 rings (SSSR count). The van der Waals surface area contributed by atoms with Gasteiger partial charge in [-0.05, 0) is 31.3 Å². The Hall–Kier alpha value is -0.910. The summed E-state index contributed by atoms with van der Waals surface area (Å²) in [6, 6.07) is 0. The van der Waals surface area contributed by atoms with E-state index in [0.29, 0.717) is 5.92 Å². The second-order valence-corrected chi connectivity index (χ2v) is 6.10. The topological polar surface area (TPSA) is 57.3 Å². The fourth-order valence-corrected chi connectivity index (χ4v) is 4.40. The fraction of sp³-hybridized carbons (Fsp3) is 0.800. The Balaban J connectivity index is 1.98. The lowest BCUT2D eigenvalue weighted by Crippen LogP contribution is -2.47. The third-order valence-electron chi connectivity index (χ3n) is 5.60. The van der Waals surface area contributed by atoms with Crippen LogP contribution in [0.15, 0.2) is 12.2 Å². The molecule has 5 atom stereocenters. The summed E-state index contributed by atoms with van der Waals surface area (Å²) in [5.41, 5.74) is 0.174. The minimum atomic E-state index is -0.851. The van der Waals surface area contributed by atoms with Crippen LogP contribution in [0.3, 0.4) is 0 Å². The van der Waals surface area contributed by atoms with Gasteiger partial charge in [0.05, 0.1) is 7.11 Å². The van der Waals surface area contributed by atoms with Gasteiger partial charge in [0.2, 0.25) is 0 Å². The fourth-order valence-electron chi connectivity index (χ4n) is 4.40. The number of carbonyl (C=O) groups excluding carboxylic acids is 1. The highest BCUT2D eigenvalue weighted by atomic mass is 16.7. The first kappa shape index (κ1) is 14.0. The summed E-state index contributed by atoms with van der Waals surface area (Å²) in [7, 11) is 4.68. The van der Waals surface area contributed by atoms with Gasteiger partial charge < -0.3 is 18.9 Å². The molecule has 1 heterocycles. The lowest BCUT2D eigenvalue weighted by Gasteiger charge is -2.38. The molecular weight excluding hydrogens is 260 g/mol. The van der Waals surface area contributed by atoms with Crippen molar-refractivity contribution < 1.29 is 23.7 Å². The number of esters is 1. The molecule has 0 aromatic heterocycles. The summed E-state index contributed by atoms with van der Waals surface area (Å²) < 4.78 is 21.9. The molecule has 112 valence electrons. The summed E-state index contributed by atoms with van der Waals surface area (Å²) in [6.07, 6.45) is 1.74. The van der Waals surface area contributed by atoms with Crippen LogP contribution in [0.4, 0.5) is 0 Å². The number of rotatable bonds is 4. The Bertz CT molecular complexity index is 455. The molecule has 0 radical (unpaired) electrons. The lowest BCUT2D eigenvalue weighted by atomic mass is 9.79. The number of epoxide rings is 1. The van der Waals surface area contributed by atoms with E-state index < -0.39 is 11.4 Å². The first-order valence-electron chi connectivity index (χ1n) is 7.01. The van der Waals surface area contributed by atoms with Gasteiger partial charge in [-0.1, -0.05) is 6.58 Å². The quantitative estimate of drug-likeness (QED) is 0.339.